The fraction of sp³-hybridized carbons (Fsp3) is 0.160. The third-order valence-corrected chi connectivity index (χ3v) is 6.19. The van der Waals surface area contributed by atoms with Crippen LogP contribution in [0.5, 0.6) is 0 Å². The van der Waals surface area contributed by atoms with Crippen LogP contribution in [-0.2, 0) is 17.0 Å². The molecule has 0 atom stereocenters. The van der Waals surface area contributed by atoms with Crippen molar-refractivity contribution in [3.8, 4) is 0 Å². The number of carbonyl (C=O) groups excluding carboxylic acids is 1. The van der Waals surface area contributed by atoms with Gasteiger partial charge >= 0.3 is 0 Å². The number of aromatic amines is 1. The molecule has 0 spiro atoms. The molecule has 162 valence electrons. The van der Waals surface area contributed by atoms with E-state index in [1.54, 1.807) is 12.1 Å². The minimum absolute atomic E-state index is 0.172. The molecule has 0 bridgehead atoms. The number of aryl methyl sites for hydroxylation is 2. The van der Waals surface area contributed by atoms with E-state index in [9.17, 15) is 14.0 Å². The molecular formula is C25H22FN3O2S. The van der Waals surface area contributed by atoms with Crippen molar-refractivity contribution >= 4 is 34.4 Å². The van der Waals surface area contributed by atoms with Crippen LogP contribution < -0.4 is 10.9 Å². The van der Waals surface area contributed by atoms with Crippen LogP contribution in [0, 0.1) is 19.7 Å². The Morgan fingerprint density at radius 3 is 2.44 bits per heavy atom. The monoisotopic (exact) mass is 447 g/mol. The molecule has 0 saturated carbocycles. The van der Waals surface area contributed by atoms with Crippen molar-refractivity contribution in [3.63, 3.8) is 0 Å². The summed E-state index contributed by atoms with van der Waals surface area (Å²) < 4.78 is 13.0. The van der Waals surface area contributed by atoms with Crippen LogP contribution in [0.2, 0.25) is 0 Å². The molecule has 7 heteroatoms. The lowest BCUT2D eigenvalue weighted by Gasteiger charge is -2.08. The summed E-state index contributed by atoms with van der Waals surface area (Å²) in [6, 6.07) is 17.2. The molecule has 32 heavy (non-hydrogen) atoms. The average molecular weight is 448 g/mol. The number of nitrogens with one attached hydrogen (secondary N) is 2. The van der Waals surface area contributed by atoms with E-state index in [4.69, 9.17) is 0 Å². The van der Waals surface area contributed by atoms with Crippen LogP contribution in [0.25, 0.3) is 11.0 Å². The lowest BCUT2D eigenvalue weighted by atomic mass is 10.1. The number of hydrogen-bond donors (Lipinski definition) is 2. The van der Waals surface area contributed by atoms with Crippen molar-refractivity contribution in [1.29, 1.82) is 0 Å². The van der Waals surface area contributed by atoms with E-state index in [1.165, 1.54) is 23.9 Å². The van der Waals surface area contributed by atoms with Crippen LogP contribution in [-0.4, -0.2) is 15.9 Å². The molecule has 4 rings (SSSR count). The Kier molecular flexibility index (Phi) is 6.37. The first-order chi connectivity index (χ1) is 15.4. The van der Waals surface area contributed by atoms with Gasteiger partial charge in [-0.25, -0.2) is 9.37 Å². The summed E-state index contributed by atoms with van der Waals surface area (Å²) in [5.41, 5.74) is 5.48. The Hall–Kier alpha value is -3.45. The maximum absolute atomic E-state index is 13.0. The van der Waals surface area contributed by atoms with E-state index in [0.29, 0.717) is 17.1 Å². The van der Waals surface area contributed by atoms with Gasteiger partial charge in [-0.3, -0.25) is 9.59 Å². The van der Waals surface area contributed by atoms with Gasteiger partial charge in [0.25, 0.3) is 5.56 Å². The minimum Gasteiger partial charge on any atom is -0.326 e. The van der Waals surface area contributed by atoms with E-state index in [-0.39, 0.29) is 23.7 Å². The van der Waals surface area contributed by atoms with Crippen molar-refractivity contribution in [1.82, 2.24) is 9.97 Å². The van der Waals surface area contributed by atoms with Gasteiger partial charge in [-0.1, -0.05) is 12.1 Å². The number of amides is 1. The van der Waals surface area contributed by atoms with Crippen LogP contribution >= 0.6 is 11.8 Å². The molecular weight excluding hydrogens is 425 g/mol. The van der Waals surface area contributed by atoms with Gasteiger partial charge < -0.3 is 10.3 Å². The summed E-state index contributed by atoms with van der Waals surface area (Å²) in [7, 11) is 0. The lowest BCUT2D eigenvalue weighted by Crippen LogP contribution is -2.14. The number of thioether (sulfide) groups is 1. The van der Waals surface area contributed by atoms with Crippen LogP contribution in [0.3, 0.4) is 0 Å². The van der Waals surface area contributed by atoms with Gasteiger partial charge in [0.15, 0.2) is 0 Å². The third kappa shape index (κ3) is 5.23. The highest BCUT2D eigenvalue weighted by atomic mass is 32.2. The number of fused-ring (bicyclic) bond motifs is 1. The van der Waals surface area contributed by atoms with Crippen molar-refractivity contribution in [2.45, 2.75) is 30.9 Å². The topological polar surface area (TPSA) is 74.8 Å². The zero-order valence-corrected chi connectivity index (χ0v) is 18.6. The second-order valence-electron chi connectivity index (χ2n) is 7.63. The summed E-state index contributed by atoms with van der Waals surface area (Å²) in [5.74, 6) is -0.0585. The molecule has 4 aromatic rings. The van der Waals surface area contributed by atoms with Crippen LogP contribution in [0.15, 0.2) is 70.4 Å². The standard InChI is InChI=1S/C25H22FN3O2S/c1-15-11-21-22(12-16(15)2)29-25(31)23(28-21)14-32-20-9-7-19(8-10-20)27-24(30)13-17-3-5-18(26)6-4-17/h3-12H,13-14H2,1-2H3,(H,27,30)(H,29,31). The van der Waals surface area contributed by atoms with Gasteiger partial charge in [-0.2, -0.15) is 0 Å². The molecule has 5 nitrogen and oxygen atoms in total. The number of halogens is 1. The van der Waals surface area contributed by atoms with E-state index in [2.05, 4.69) is 15.3 Å². The molecule has 0 saturated heterocycles. The van der Waals surface area contributed by atoms with Gasteiger partial charge in [0.1, 0.15) is 11.5 Å². The van der Waals surface area contributed by atoms with Crippen LogP contribution in [0.4, 0.5) is 10.1 Å². The van der Waals surface area contributed by atoms with Gasteiger partial charge in [-0.15, -0.1) is 11.8 Å². The molecule has 1 aromatic heterocycles. The Balaban J connectivity index is 1.38. The van der Waals surface area contributed by atoms with Gasteiger partial charge in [-0.05, 0) is 79.1 Å². The third-order valence-electron chi connectivity index (χ3n) is 5.17. The lowest BCUT2D eigenvalue weighted by molar-refractivity contribution is -0.115. The maximum atomic E-state index is 13.0. The molecule has 0 fully saturated rings. The van der Waals surface area contributed by atoms with Crippen molar-refractivity contribution in [3.05, 3.63) is 99.2 Å². The summed E-state index contributed by atoms with van der Waals surface area (Å²) in [6.07, 6.45) is 0.173. The fourth-order valence-electron chi connectivity index (χ4n) is 3.26. The van der Waals surface area contributed by atoms with E-state index < -0.39 is 0 Å². The van der Waals surface area contributed by atoms with Crippen molar-refractivity contribution < 1.29 is 9.18 Å². The summed E-state index contributed by atoms with van der Waals surface area (Å²) >= 11 is 1.50. The quantitative estimate of drug-likeness (QED) is 0.401. The first-order valence-corrected chi connectivity index (χ1v) is 11.1. The predicted molar refractivity (Wildman–Crippen MR) is 127 cm³/mol. The molecule has 0 unspecified atom stereocenters. The summed E-state index contributed by atoms with van der Waals surface area (Å²) in [6.45, 7) is 4.03. The average Bonchev–Trinajstić information content (AvgIpc) is 2.76. The zero-order valence-electron chi connectivity index (χ0n) is 17.7. The molecule has 3 aromatic carbocycles. The van der Waals surface area contributed by atoms with Gasteiger partial charge in [0.05, 0.1) is 17.5 Å². The summed E-state index contributed by atoms with van der Waals surface area (Å²) in [5, 5.41) is 2.84. The normalized spacial score (nSPS) is 11.0. The predicted octanol–water partition coefficient (Wildman–Crippen LogP) is 5.15. The van der Waals surface area contributed by atoms with E-state index in [1.807, 2.05) is 50.2 Å². The highest BCUT2D eigenvalue weighted by molar-refractivity contribution is 7.98. The van der Waals surface area contributed by atoms with Gasteiger partial charge in [0, 0.05) is 16.3 Å². The smallest absolute Gasteiger partial charge is 0.271 e. The Morgan fingerprint density at radius 2 is 1.72 bits per heavy atom. The number of H-pyrrole nitrogens is 1. The molecule has 1 heterocycles. The molecule has 1 amide bonds. The highest BCUT2D eigenvalue weighted by Gasteiger charge is 2.08. The number of hydrogen-bond acceptors (Lipinski definition) is 4. The molecule has 0 aliphatic heterocycles. The number of nitrogens with zero attached hydrogens (tertiary/aromatic N) is 1. The molecule has 0 aliphatic rings. The number of anilines is 1. The Morgan fingerprint density at radius 1 is 1.03 bits per heavy atom. The number of carbonyl (C=O) groups is 1. The maximum Gasteiger partial charge on any atom is 0.271 e. The fourth-order valence-corrected chi connectivity index (χ4v) is 4.09. The number of benzene rings is 3. The van der Waals surface area contributed by atoms with Crippen molar-refractivity contribution in [2.24, 2.45) is 0 Å². The van der Waals surface area contributed by atoms with Crippen LogP contribution in [0.1, 0.15) is 22.4 Å². The molecule has 0 radical (unpaired) electrons. The molecule has 2 N–H and O–H groups in total. The second kappa shape index (κ2) is 9.36. The zero-order chi connectivity index (χ0) is 22.7. The largest absolute Gasteiger partial charge is 0.326 e. The van der Waals surface area contributed by atoms with Gasteiger partial charge in [0.2, 0.25) is 5.91 Å². The number of aromatic nitrogens is 2. The summed E-state index contributed by atoms with van der Waals surface area (Å²) in [4.78, 5) is 33.0. The van der Waals surface area contributed by atoms with Crippen molar-refractivity contribution in [2.75, 3.05) is 5.32 Å². The second-order valence-corrected chi connectivity index (χ2v) is 8.68. The minimum atomic E-state index is -0.326. The number of rotatable bonds is 6. The first-order valence-electron chi connectivity index (χ1n) is 10.1. The Bertz CT molecular complexity index is 1330. The first kappa shape index (κ1) is 21.8. The highest BCUT2D eigenvalue weighted by Crippen LogP contribution is 2.24. The molecule has 0 aliphatic carbocycles. The Labute approximate surface area is 189 Å². The van der Waals surface area contributed by atoms with E-state index >= 15 is 0 Å². The van der Waals surface area contributed by atoms with E-state index in [0.717, 1.165) is 32.6 Å². The SMILES string of the molecule is Cc1cc2nc(CSc3ccc(NC(=O)Cc4ccc(F)cc4)cc3)c(=O)[nH]c2cc1C.